The maximum Gasteiger partial charge on any atom is 0.339 e. The summed E-state index contributed by atoms with van der Waals surface area (Å²) in [6.07, 6.45) is 0.233. The average Bonchev–Trinajstić information content (AvgIpc) is 2.58. The van der Waals surface area contributed by atoms with Gasteiger partial charge < -0.3 is 4.74 Å². The minimum absolute atomic E-state index is 0.0361. The monoisotopic (exact) mass is 270 g/mol. The Hall–Kier alpha value is -1.40. The molecule has 1 aliphatic heterocycles. The van der Waals surface area contributed by atoms with E-state index in [0.29, 0.717) is 0 Å². The molecule has 1 atom stereocenters. The van der Waals surface area contributed by atoms with Gasteiger partial charge in [-0.05, 0) is 26.0 Å². The van der Waals surface area contributed by atoms with Crippen LogP contribution in [0.2, 0.25) is 0 Å². The van der Waals surface area contributed by atoms with Gasteiger partial charge in [0.2, 0.25) is 0 Å². The van der Waals surface area contributed by atoms with Gasteiger partial charge in [0.05, 0.1) is 11.5 Å². The van der Waals surface area contributed by atoms with Gasteiger partial charge in [-0.3, -0.25) is 0 Å². The normalized spacial score (nSPS) is 24.0. The van der Waals surface area contributed by atoms with Crippen molar-refractivity contribution in [1.29, 1.82) is 0 Å². The zero-order valence-electron chi connectivity index (χ0n) is 10.2. The van der Waals surface area contributed by atoms with E-state index in [1.165, 1.54) is 19.1 Å². The van der Waals surface area contributed by atoms with Crippen molar-refractivity contribution in [2.75, 3.05) is 6.61 Å². The molecule has 1 aromatic carbocycles. The first-order valence-corrected chi connectivity index (χ1v) is 6.94. The van der Waals surface area contributed by atoms with Crippen LogP contribution in [0.1, 0.15) is 18.9 Å². The Morgan fingerprint density at radius 1 is 1.28 bits per heavy atom. The summed E-state index contributed by atoms with van der Waals surface area (Å²) in [6, 6.07) is 6.25. The van der Waals surface area contributed by atoms with Crippen molar-refractivity contribution < 1.29 is 22.1 Å². The van der Waals surface area contributed by atoms with Gasteiger partial charge in [-0.25, -0.2) is 8.98 Å². The molecule has 1 heterocycles. The molecule has 0 amide bonds. The van der Waals surface area contributed by atoms with E-state index in [0.717, 1.165) is 5.56 Å². The first kappa shape index (κ1) is 13.0. The molecule has 0 aliphatic carbocycles. The summed E-state index contributed by atoms with van der Waals surface area (Å²) < 4.78 is 33.8. The van der Waals surface area contributed by atoms with Crippen LogP contribution in [0.15, 0.2) is 29.2 Å². The number of carbonyl (C=O) groups is 1. The number of hydrogen-bond acceptors (Lipinski definition) is 5. The van der Waals surface area contributed by atoms with Crippen LogP contribution in [0.3, 0.4) is 0 Å². The summed E-state index contributed by atoms with van der Waals surface area (Å²) in [7, 11) is -3.95. The SMILES string of the molecule is Cc1ccc(S(=O)(=O)O[C@@]2(C)CCOC2=O)cc1. The van der Waals surface area contributed by atoms with E-state index in [1.54, 1.807) is 12.1 Å². The van der Waals surface area contributed by atoms with Gasteiger partial charge in [0, 0.05) is 6.42 Å². The van der Waals surface area contributed by atoms with Crippen LogP contribution < -0.4 is 0 Å². The number of rotatable bonds is 3. The molecule has 0 radical (unpaired) electrons. The summed E-state index contributed by atoms with van der Waals surface area (Å²) in [6.45, 7) is 3.46. The summed E-state index contributed by atoms with van der Waals surface area (Å²) >= 11 is 0. The molecule has 5 nitrogen and oxygen atoms in total. The Morgan fingerprint density at radius 3 is 2.39 bits per heavy atom. The third-order valence-corrected chi connectivity index (χ3v) is 4.28. The van der Waals surface area contributed by atoms with Crippen LogP contribution in [0.4, 0.5) is 0 Å². The number of aryl methyl sites for hydroxylation is 1. The fraction of sp³-hybridized carbons (Fsp3) is 0.417. The van der Waals surface area contributed by atoms with Crippen molar-refractivity contribution in [2.45, 2.75) is 30.8 Å². The Morgan fingerprint density at radius 2 is 1.89 bits per heavy atom. The zero-order valence-corrected chi connectivity index (χ0v) is 11.0. The third-order valence-electron chi connectivity index (χ3n) is 2.85. The molecule has 2 rings (SSSR count). The van der Waals surface area contributed by atoms with Gasteiger partial charge in [0.25, 0.3) is 10.1 Å². The molecular weight excluding hydrogens is 256 g/mol. The molecule has 0 N–H and O–H groups in total. The largest absolute Gasteiger partial charge is 0.463 e. The van der Waals surface area contributed by atoms with Gasteiger partial charge in [0.1, 0.15) is 0 Å². The molecule has 0 saturated carbocycles. The van der Waals surface area contributed by atoms with E-state index in [2.05, 4.69) is 0 Å². The lowest BCUT2D eigenvalue weighted by Crippen LogP contribution is -2.36. The van der Waals surface area contributed by atoms with E-state index >= 15 is 0 Å². The van der Waals surface area contributed by atoms with Crippen LogP contribution in [0.5, 0.6) is 0 Å². The van der Waals surface area contributed by atoms with Crippen LogP contribution in [-0.4, -0.2) is 26.6 Å². The van der Waals surface area contributed by atoms with Crippen molar-refractivity contribution in [3.63, 3.8) is 0 Å². The average molecular weight is 270 g/mol. The Labute approximate surface area is 106 Å². The van der Waals surface area contributed by atoms with Crippen LogP contribution in [0.25, 0.3) is 0 Å². The molecule has 1 saturated heterocycles. The smallest absolute Gasteiger partial charge is 0.339 e. The van der Waals surface area contributed by atoms with Crippen molar-refractivity contribution >= 4 is 16.1 Å². The van der Waals surface area contributed by atoms with Crippen molar-refractivity contribution in [1.82, 2.24) is 0 Å². The second-order valence-corrected chi connectivity index (χ2v) is 6.01. The minimum Gasteiger partial charge on any atom is -0.463 e. The Balaban J connectivity index is 2.27. The molecule has 18 heavy (non-hydrogen) atoms. The number of cyclic esters (lactones) is 1. The molecule has 0 spiro atoms. The fourth-order valence-corrected chi connectivity index (χ4v) is 2.87. The lowest BCUT2D eigenvalue weighted by atomic mass is 10.1. The van der Waals surface area contributed by atoms with Crippen LogP contribution in [-0.2, 0) is 23.8 Å². The first-order chi connectivity index (χ1) is 8.33. The van der Waals surface area contributed by atoms with Gasteiger partial charge >= 0.3 is 5.97 Å². The number of esters is 1. The summed E-state index contributed by atoms with van der Waals surface area (Å²) in [5, 5.41) is 0. The number of benzene rings is 1. The van der Waals surface area contributed by atoms with Crippen molar-refractivity contribution in [3.05, 3.63) is 29.8 Å². The fourth-order valence-electron chi connectivity index (χ4n) is 1.66. The third kappa shape index (κ3) is 2.39. The van der Waals surface area contributed by atoms with E-state index < -0.39 is 21.7 Å². The van der Waals surface area contributed by atoms with E-state index in [9.17, 15) is 13.2 Å². The molecule has 1 fully saturated rings. The van der Waals surface area contributed by atoms with E-state index in [1.807, 2.05) is 6.92 Å². The molecular formula is C12H14O5S. The number of ether oxygens (including phenoxy) is 1. The maximum absolute atomic E-state index is 12.0. The minimum atomic E-state index is -3.95. The van der Waals surface area contributed by atoms with Crippen molar-refractivity contribution in [2.24, 2.45) is 0 Å². The summed E-state index contributed by atoms with van der Waals surface area (Å²) in [5.74, 6) is -0.641. The van der Waals surface area contributed by atoms with Crippen LogP contribution in [0, 0.1) is 6.92 Å². The quantitative estimate of drug-likeness (QED) is 0.613. The van der Waals surface area contributed by atoms with Gasteiger partial charge in [0.15, 0.2) is 5.60 Å². The van der Waals surface area contributed by atoms with Gasteiger partial charge in [-0.2, -0.15) is 8.42 Å². The lowest BCUT2D eigenvalue weighted by molar-refractivity contribution is -0.149. The Bertz CT molecular complexity index is 561. The number of carbonyl (C=O) groups excluding carboxylic acids is 1. The predicted molar refractivity (Wildman–Crippen MR) is 63.4 cm³/mol. The van der Waals surface area contributed by atoms with Gasteiger partial charge in [-0.1, -0.05) is 17.7 Å². The molecule has 1 aromatic rings. The predicted octanol–water partition coefficient (Wildman–Crippen LogP) is 1.41. The van der Waals surface area contributed by atoms with Crippen LogP contribution >= 0.6 is 0 Å². The second-order valence-electron chi connectivity index (χ2n) is 4.47. The molecule has 0 bridgehead atoms. The molecule has 98 valence electrons. The molecule has 1 aliphatic rings. The van der Waals surface area contributed by atoms with E-state index in [4.69, 9.17) is 8.92 Å². The maximum atomic E-state index is 12.0. The highest BCUT2D eigenvalue weighted by molar-refractivity contribution is 7.86. The van der Waals surface area contributed by atoms with E-state index in [-0.39, 0.29) is 17.9 Å². The summed E-state index contributed by atoms with van der Waals surface area (Å²) in [4.78, 5) is 11.5. The van der Waals surface area contributed by atoms with Crippen molar-refractivity contribution in [3.8, 4) is 0 Å². The topological polar surface area (TPSA) is 69.7 Å². The molecule has 0 unspecified atom stereocenters. The Kier molecular flexibility index (Phi) is 3.16. The highest BCUT2D eigenvalue weighted by atomic mass is 32.2. The first-order valence-electron chi connectivity index (χ1n) is 5.53. The summed E-state index contributed by atoms with van der Waals surface area (Å²) in [5.41, 5.74) is -0.468. The highest BCUT2D eigenvalue weighted by Crippen LogP contribution is 2.28. The molecule has 0 aromatic heterocycles. The number of hydrogen-bond donors (Lipinski definition) is 0. The standard InChI is InChI=1S/C12H14O5S/c1-9-3-5-10(6-4-9)18(14,15)17-12(2)7-8-16-11(12)13/h3-6H,7-8H2,1-2H3/t12-/m0/s1. The molecule has 6 heteroatoms. The lowest BCUT2D eigenvalue weighted by Gasteiger charge is -2.19. The second kappa shape index (κ2) is 4.37. The van der Waals surface area contributed by atoms with Gasteiger partial charge in [-0.15, -0.1) is 0 Å². The zero-order chi connectivity index (χ0) is 13.4. The highest BCUT2D eigenvalue weighted by Gasteiger charge is 2.45.